The first-order valence-corrected chi connectivity index (χ1v) is 8.34. The molecule has 4 rings (SSSR count). The first-order chi connectivity index (χ1) is 12.7. The molecule has 3 heterocycles. The molecule has 0 unspecified atom stereocenters. The maximum Gasteiger partial charge on any atom is 0.260 e. The highest BCUT2D eigenvalue weighted by Crippen LogP contribution is 2.22. The number of hydrogen-bond donors (Lipinski definition) is 0. The van der Waals surface area contributed by atoms with Gasteiger partial charge in [-0.15, -0.1) is 0 Å². The zero-order valence-corrected chi connectivity index (χ0v) is 14.3. The van der Waals surface area contributed by atoms with Crippen molar-refractivity contribution in [1.82, 2.24) is 19.5 Å². The number of aryl methyl sites for hydroxylation is 1. The molecule has 1 aliphatic rings. The van der Waals surface area contributed by atoms with Gasteiger partial charge >= 0.3 is 0 Å². The number of aromatic nitrogens is 4. The van der Waals surface area contributed by atoms with Crippen molar-refractivity contribution in [3.8, 4) is 6.07 Å². The summed E-state index contributed by atoms with van der Waals surface area (Å²) in [6.45, 7) is 3.07. The van der Waals surface area contributed by atoms with E-state index >= 15 is 0 Å². The molecule has 0 spiro atoms. The second-order valence-electron chi connectivity index (χ2n) is 6.18. The molecule has 0 N–H and O–H groups in total. The van der Waals surface area contributed by atoms with Gasteiger partial charge in [-0.3, -0.25) is 4.79 Å². The Bertz CT molecular complexity index is 1060. The summed E-state index contributed by atoms with van der Waals surface area (Å²) in [6.07, 6.45) is 4.69. The number of hydrogen-bond acceptors (Lipinski definition) is 7. The number of anilines is 2. The van der Waals surface area contributed by atoms with Crippen molar-refractivity contribution >= 4 is 22.4 Å². The van der Waals surface area contributed by atoms with Crippen molar-refractivity contribution in [3.05, 3.63) is 53.0 Å². The second-order valence-corrected chi connectivity index (χ2v) is 6.18. The second kappa shape index (κ2) is 6.44. The van der Waals surface area contributed by atoms with E-state index in [0.29, 0.717) is 22.4 Å². The Kier molecular flexibility index (Phi) is 3.97. The predicted molar refractivity (Wildman–Crippen MR) is 98.2 cm³/mol. The first-order valence-electron chi connectivity index (χ1n) is 8.34. The molecule has 0 amide bonds. The molecule has 26 heavy (non-hydrogen) atoms. The van der Waals surface area contributed by atoms with Gasteiger partial charge in [-0.2, -0.15) is 5.26 Å². The van der Waals surface area contributed by atoms with Gasteiger partial charge < -0.3 is 14.4 Å². The maximum atomic E-state index is 12.1. The van der Waals surface area contributed by atoms with Crippen LogP contribution in [-0.2, 0) is 7.05 Å². The molecule has 1 fully saturated rings. The lowest BCUT2D eigenvalue weighted by atomic mass is 10.2. The minimum Gasteiger partial charge on any atom is -0.368 e. The van der Waals surface area contributed by atoms with E-state index in [1.54, 1.807) is 19.6 Å². The van der Waals surface area contributed by atoms with Crippen LogP contribution in [0.25, 0.3) is 10.9 Å². The fraction of sp³-hybridized carbons (Fsp3) is 0.278. The third-order valence-electron chi connectivity index (χ3n) is 4.63. The van der Waals surface area contributed by atoms with Crippen LogP contribution in [0.4, 0.5) is 11.5 Å². The van der Waals surface area contributed by atoms with Crippen LogP contribution in [0.3, 0.4) is 0 Å². The molecule has 1 saturated heterocycles. The predicted octanol–water partition coefficient (Wildman–Crippen LogP) is 0.922. The summed E-state index contributed by atoms with van der Waals surface area (Å²) in [5.41, 5.74) is 2.05. The molecule has 0 saturated carbocycles. The Labute approximate surface area is 150 Å². The smallest absolute Gasteiger partial charge is 0.260 e. The largest absolute Gasteiger partial charge is 0.368 e. The molecule has 8 nitrogen and oxygen atoms in total. The van der Waals surface area contributed by atoms with Crippen LogP contribution in [-0.4, -0.2) is 45.7 Å². The van der Waals surface area contributed by atoms with Crippen molar-refractivity contribution in [2.75, 3.05) is 36.0 Å². The third kappa shape index (κ3) is 2.73. The Balaban J connectivity index is 1.55. The Hall–Kier alpha value is -3.47. The van der Waals surface area contributed by atoms with Crippen molar-refractivity contribution in [2.45, 2.75) is 0 Å². The zero-order chi connectivity index (χ0) is 18.1. The summed E-state index contributed by atoms with van der Waals surface area (Å²) in [5.74, 6) is 0.637. The molecule has 2 aromatic heterocycles. The Morgan fingerprint density at radius 1 is 1.04 bits per heavy atom. The van der Waals surface area contributed by atoms with Gasteiger partial charge in [-0.05, 0) is 18.2 Å². The van der Waals surface area contributed by atoms with E-state index in [-0.39, 0.29) is 5.56 Å². The highest BCUT2D eigenvalue weighted by Gasteiger charge is 2.21. The van der Waals surface area contributed by atoms with Crippen molar-refractivity contribution < 1.29 is 0 Å². The highest BCUT2D eigenvalue weighted by molar-refractivity contribution is 5.81. The van der Waals surface area contributed by atoms with Gasteiger partial charge in [0.2, 0.25) is 0 Å². The average Bonchev–Trinajstić information content (AvgIpc) is 2.70. The molecule has 8 heteroatoms. The molecule has 130 valence electrons. The van der Waals surface area contributed by atoms with Crippen LogP contribution < -0.4 is 15.4 Å². The molecular weight excluding hydrogens is 330 g/mol. The molecule has 0 atom stereocenters. The summed E-state index contributed by atoms with van der Waals surface area (Å²) >= 11 is 0. The van der Waals surface area contributed by atoms with Crippen LogP contribution in [0.5, 0.6) is 0 Å². The normalized spacial score (nSPS) is 14.5. The Morgan fingerprint density at radius 2 is 1.77 bits per heavy atom. The van der Waals surface area contributed by atoms with Gasteiger partial charge in [-0.1, -0.05) is 0 Å². The van der Waals surface area contributed by atoms with E-state index < -0.39 is 0 Å². The molecule has 3 aromatic rings. The average molecular weight is 347 g/mol. The quantitative estimate of drug-likeness (QED) is 0.681. The van der Waals surface area contributed by atoms with Gasteiger partial charge in [0, 0.05) is 51.3 Å². The van der Waals surface area contributed by atoms with Gasteiger partial charge in [0.15, 0.2) is 11.5 Å². The monoisotopic (exact) mass is 347 g/mol. The Morgan fingerprint density at radius 3 is 2.54 bits per heavy atom. The molecule has 1 aliphatic heterocycles. The number of nitriles is 1. The molecular formula is C18H17N7O. The van der Waals surface area contributed by atoms with Crippen LogP contribution in [0.2, 0.25) is 0 Å². The lowest BCUT2D eigenvalue weighted by Crippen LogP contribution is -2.47. The van der Waals surface area contributed by atoms with E-state index in [1.807, 2.05) is 18.2 Å². The lowest BCUT2D eigenvalue weighted by Gasteiger charge is -2.36. The summed E-state index contributed by atoms with van der Waals surface area (Å²) in [6, 6.07) is 7.85. The van der Waals surface area contributed by atoms with Gasteiger partial charge in [0.05, 0.1) is 17.2 Å². The van der Waals surface area contributed by atoms with E-state index in [9.17, 15) is 10.1 Å². The molecule has 1 aromatic carbocycles. The number of piperazine rings is 1. The topological polar surface area (TPSA) is 90.9 Å². The SMILES string of the molecule is Cn1cnc2cc(N3CCN(c4nccnc4C#N)CC3)ccc2c1=O. The van der Waals surface area contributed by atoms with Crippen LogP contribution in [0, 0.1) is 11.3 Å². The maximum absolute atomic E-state index is 12.1. The van der Waals surface area contributed by atoms with Crippen molar-refractivity contribution in [1.29, 1.82) is 5.26 Å². The third-order valence-corrected chi connectivity index (χ3v) is 4.63. The molecule has 0 radical (unpaired) electrons. The summed E-state index contributed by atoms with van der Waals surface area (Å²) in [4.78, 5) is 29.2. The fourth-order valence-electron chi connectivity index (χ4n) is 3.21. The van der Waals surface area contributed by atoms with Crippen LogP contribution in [0.1, 0.15) is 5.69 Å². The van der Waals surface area contributed by atoms with E-state index in [0.717, 1.165) is 31.9 Å². The summed E-state index contributed by atoms with van der Waals surface area (Å²) in [7, 11) is 1.70. The minimum atomic E-state index is -0.0435. The number of benzene rings is 1. The lowest BCUT2D eigenvalue weighted by molar-refractivity contribution is 0.645. The number of fused-ring (bicyclic) bond motifs is 1. The van der Waals surface area contributed by atoms with Gasteiger partial charge in [0.1, 0.15) is 6.07 Å². The standard InChI is InChI=1S/C18H17N7O/c1-23-12-22-15-10-13(2-3-14(15)18(23)26)24-6-8-25(9-7-24)17-16(11-19)20-4-5-21-17/h2-5,10,12H,6-9H2,1H3. The first kappa shape index (κ1) is 16.0. The van der Waals surface area contributed by atoms with Gasteiger partial charge in [-0.25, -0.2) is 15.0 Å². The summed E-state index contributed by atoms with van der Waals surface area (Å²) < 4.78 is 1.48. The molecule has 0 bridgehead atoms. The number of rotatable bonds is 2. The van der Waals surface area contributed by atoms with Crippen LogP contribution >= 0.6 is 0 Å². The fourth-order valence-corrected chi connectivity index (χ4v) is 3.21. The van der Waals surface area contributed by atoms with Crippen LogP contribution in [0.15, 0.2) is 41.7 Å². The van der Waals surface area contributed by atoms with Crippen molar-refractivity contribution in [3.63, 3.8) is 0 Å². The van der Waals surface area contributed by atoms with E-state index in [1.165, 1.54) is 10.8 Å². The van der Waals surface area contributed by atoms with E-state index in [4.69, 9.17) is 0 Å². The zero-order valence-electron chi connectivity index (χ0n) is 14.3. The highest BCUT2D eigenvalue weighted by atomic mass is 16.1. The van der Waals surface area contributed by atoms with Crippen molar-refractivity contribution in [2.24, 2.45) is 7.05 Å². The minimum absolute atomic E-state index is 0.0435. The van der Waals surface area contributed by atoms with Gasteiger partial charge in [0.25, 0.3) is 5.56 Å². The summed E-state index contributed by atoms with van der Waals surface area (Å²) in [5, 5.41) is 9.82. The van der Waals surface area contributed by atoms with E-state index in [2.05, 4.69) is 30.8 Å². The number of nitrogens with zero attached hydrogens (tertiary/aromatic N) is 7. The molecule has 0 aliphatic carbocycles.